The number of anilines is 2. The fourth-order valence-corrected chi connectivity index (χ4v) is 3.37. The number of rotatable bonds is 5. The Morgan fingerprint density at radius 3 is 2.39 bits per heavy atom. The van der Waals surface area contributed by atoms with Crippen LogP contribution in [0, 0.1) is 0 Å². The summed E-state index contributed by atoms with van der Waals surface area (Å²) in [6.45, 7) is 7.43. The Morgan fingerprint density at radius 1 is 0.970 bits per heavy atom. The molecule has 168 valence electrons. The largest absolute Gasteiger partial charge is 0.444 e. The predicted octanol–water partition coefficient (Wildman–Crippen LogP) is 6.02. The second-order valence-corrected chi connectivity index (χ2v) is 8.82. The first kappa shape index (κ1) is 22.2. The van der Waals surface area contributed by atoms with Crippen LogP contribution in [-0.2, 0) is 4.74 Å². The third kappa shape index (κ3) is 5.83. The summed E-state index contributed by atoms with van der Waals surface area (Å²) >= 11 is 0. The molecule has 2 aromatic carbocycles. The van der Waals surface area contributed by atoms with E-state index in [0.717, 1.165) is 33.3 Å². The molecule has 2 heterocycles. The van der Waals surface area contributed by atoms with Crippen molar-refractivity contribution < 1.29 is 9.53 Å². The number of alkyl carbamates (subject to hydrolysis) is 1. The van der Waals surface area contributed by atoms with E-state index in [9.17, 15) is 4.79 Å². The maximum Gasteiger partial charge on any atom is 0.408 e. The van der Waals surface area contributed by atoms with E-state index in [2.05, 4.69) is 31.7 Å². The quantitative estimate of drug-likeness (QED) is 0.394. The Labute approximate surface area is 193 Å². The molecule has 0 radical (unpaired) electrons. The number of carbonyl (C=O) groups excluding carboxylic acids is 1. The molecule has 0 aliphatic heterocycles. The van der Waals surface area contributed by atoms with Gasteiger partial charge in [0.2, 0.25) is 5.95 Å². The molecule has 4 rings (SSSR count). The molecule has 1 atom stereocenters. The van der Waals surface area contributed by atoms with Gasteiger partial charge in [-0.1, -0.05) is 18.2 Å². The lowest BCUT2D eigenvalue weighted by molar-refractivity contribution is 0.0508. The van der Waals surface area contributed by atoms with Crippen LogP contribution in [0.15, 0.2) is 73.2 Å². The molecule has 0 saturated carbocycles. The zero-order valence-corrected chi connectivity index (χ0v) is 19.2. The Hall–Kier alpha value is -4.00. The molecule has 1 unspecified atom stereocenters. The van der Waals surface area contributed by atoms with Crippen LogP contribution >= 0.6 is 0 Å². The van der Waals surface area contributed by atoms with Crippen LogP contribution in [0.4, 0.5) is 16.4 Å². The van der Waals surface area contributed by atoms with Crippen molar-refractivity contribution in [1.82, 2.24) is 20.3 Å². The van der Waals surface area contributed by atoms with Crippen LogP contribution in [0.5, 0.6) is 0 Å². The van der Waals surface area contributed by atoms with E-state index in [1.807, 2.05) is 82.4 Å². The van der Waals surface area contributed by atoms with Crippen molar-refractivity contribution in [1.29, 1.82) is 0 Å². The number of hydrogen-bond acceptors (Lipinski definition) is 6. The van der Waals surface area contributed by atoms with E-state index in [1.165, 1.54) is 0 Å². The molecule has 0 aliphatic carbocycles. The fraction of sp³-hybridized carbons (Fsp3) is 0.231. The SMILES string of the molecule is CC(NC(=O)OC(C)(C)C)c1ccc(Nc2ncc3cc(-c4ccncc4)ccc3n2)cc1. The highest BCUT2D eigenvalue weighted by Crippen LogP contribution is 2.24. The topological polar surface area (TPSA) is 89.0 Å². The van der Waals surface area contributed by atoms with E-state index >= 15 is 0 Å². The van der Waals surface area contributed by atoms with Gasteiger partial charge in [-0.3, -0.25) is 4.98 Å². The first-order chi connectivity index (χ1) is 15.8. The first-order valence-electron chi connectivity index (χ1n) is 10.8. The molecule has 0 aliphatic rings. The summed E-state index contributed by atoms with van der Waals surface area (Å²) in [5.74, 6) is 0.520. The smallest absolute Gasteiger partial charge is 0.408 e. The molecule has 0 spiro atoms. The minimum absolute atomic E-state index is 0.180. The minimum atomic E-state index is -0.530. The lowest BCUT2D eigenvalue weighted by atomic mass is 10.1. The van der Waals surface area contributed by atoms with Gasteiger partial charge >= 0.3 is 6.09 Å². The Kier molecular flexibility index (Phi) is 6.22. The van der Waals surface area contributed by atoms with Crippen molar-refractivity contribution in [2.45, 2.75) is 39.3 Å². The predicted molar refractivity (Wildman–Crippen MR) is 130 cm³/mol. The average molecular weight is 442 g/mol. The lowest BCUT2D eigenvalue weighted by Gasteiger charge is -2.22. The normalized spacial score (nSPS) is 12.2. The molecular weight excluding hydrogens is 414 g/mol. The second-order valence-electron chi connectivity index (χ2n) is 8.82. The average Bonchev–Trinajstić information content (AvgIpc) is 2.78. The van der Waals surface area contributed by atoms with Gasteiger partial charge < -0.3 is 15.4 Å². The van der Waals surface area contributed by atoms with Gasteiger partial charge in [0.15, 0.2) is 0 Å². The molecular formula is C26H27N5O2. The molecule has 7 heteroatoms. The number of hydrogen-bond donors (Lipinski definition) is 2. The molecule has 1 amide bonds. The minimum Gasteiger partial charge on any atom is -0.444 e. The highest BCUT2D eigenvalue weighted by atomic mass is 16.6. The number of amides is 1. The van der Waals surface area contributed by atoms with Crippen molar-refractivity contribution in [3.63, 3.8) is 0 Å². The number of nitrogens with zero attached hydrogens (tertiary/aromatic N) is 3. The maximum absolute atomic E-state index is 12.0. The Balaban J connectivity index is 1.43. The second kappa shape index (κ2) is 9.24. The van der Waals surface area contributed by atoms with Gasteiger partial charge in [0.05, 0.1) is 11.6 Å². The summed E-state index contributed by atoms with van der Waals surface area (Å²) in [6, 6.07) is 17.7. The van der Waals surface area contributed by atoms with Gasteiger partial charge in [0.25, 0.3) is 0 Å². The van der Waals surface area contributed by atoms with Crippen molar-refractivity contribution >= 4 is 28.6 Å². The van der Waals surface area contributed by atoms with Crippen LogP contribution in [0.3, 0.4) is 0 Å². The van der Waals surface area contributed by atoms with Gasteiger partial charge in [-0.25, -0.2) is 14.8 Å². The van der Waals surface area contributed by atoms with E-state index in [4.69, 9.17) is 4.74 Å². The van der Waals surface area contributed by atoms with E-state index in [-0.39, 0.29) is 6.04 Å². The molecule has 0 bridgehead atoms. The summed E-state index contributed by atoms with van der Waals surface area (Å²) in [5, 5.41) is 7.05. The van der Waals surface area contributed by atoms with Crippen molar-refractivity contribution in [3.05, 3.63) is 78.8 Å². The summed E-state index contributed by atoms with van der Waals surface area (Å²) in [6.07, 6.45) is 4.94. The molecule has 7 nitrogen and oxygen atoms in total. The Morgan fingerprint density at radius 2 is 1.70 bits per heavy atom. The van der Waals surface area contributed by atoms with Gasteiger partial charge in [0, 0.05) is 29.7 Å². The summed E-state index contributed by atoms with van der Waals surface area (Å²) < 4.78 is 5.32. The number of aromatic nitrogens is 3. The lowest BCUT2D eigenvalue weighted by Crippen LogP contribution is -2.34. The van der Waals surface area contributed by atoms with Crippen LogP contribution in [-0.4, -0.2) is 26.6 Å². The third-order valence-corrected chi connectivity index (χ3v) is 4.99. The zero-order chi connectivity index (χ0) is 23.4. The number of benzene rings is 2. The molecule has 2 aromatic heterocycles. The standard InChI is InChI=1S/C26H27N5O2/c1-17(29-25(32)33-26(2,3)4)18-5-8-22(9-6-18)30-24-28-16-21-15-20(7-10-23(21)31-24)19-11-13-27-14-12-19/h5-17H,1-4H3,(H,29,32)(H,28,30,31). The summed E-state index contributed by atoms with van der Waals surface area (Å²) in [4.78, 5) is 25.1. The number of carbonyl (C=O) groups is 1. The molecule has 33 heavy (non-hydrogen) atoms. The molecule has 2 N–H and O–H groups in total. The van der Waals surface area contributed by atoms with Gasteiger partial charge in [-0.15, -0.1) is 0 Å². The highest BCUT2D eigenvalue weighted by Gasteiger charge is 2.18. The third-order valence-electron chi connectivity index (χ3n) is 4.99. The van der Waals surface area contributed by atoms with Crippen LogP contribution in [0.2, 0.25) is 0 Å². The van der Waals surface area contributed by atoms with Gasteiger partial charge in [-0.05, 0) is 80.8 Å². The first-order valence-corrected chi connectivity index (χ1v) is 10.8. The molecule has 0 fully saturated rings. The molecule has 0 saturated heterocycles. The van der Waals surface area contributed by atoms with Crippen molar-refractivity contribution in [3.8, 4) is 11.1 Å². The number of nitrogens with one attached hydrogen (secondary N) is 2. The fourth-order valence-electron chi connectivity index (χ4n) is 3.37. The number of fused-ring (bicyclic) bond motifs is 1. The summed E-state index contributed by atoms with van der Waals surface area (Å²) in [5.41, 5.74) is 4.35. The van der Waals surface area contributed by atoms with E-state index in [0.29, 0.717) is 5.95 Å². The number of ether oxygens (including phenoxy) is 1. The van der Waals surface area contributed by atoms with E-state index in [1.54, 1.807) is 12.4 Å². The molecule has 4 aromatic rings. The van der Waals surface area contributed by atoms with Crippen molar-refractivity contribution in [2.24, 2.45) is 0 Å². The van der Waals surface area contributed by atoms with Crippen LogP contribution in [0.25, 0.3) is 22.0 Å². The zero-order valence-electron chi connectivity index (χ0n) is 19.2. The number of pyridine rings is 1. The summed E-state index contributed by atoms with van der Waals surface area (Å²) in [7, 11) is 0. The monoisotopic (exact) mass is 441 g/mol. The van der Waals surface area contributed by atoms with Crippen molar-refractivity contribution in [2.75, 3.05) is 5.32 Å². The van der Waals surface area contributed by atoms with Gasteiger partial charge in [0.1, 0.15) is 5.60 Å². The van der Waals surface area contributed by atoms with Crippen LogP contribution in [0.1, 0.15) is 39.3 Å². The van der Waals surface area contributed by atoms with Gasteiger partial charge in [-0.2, -0.15) is 0 Å². The van der Waals surface area contributed by atoms with E-state index < -0.39 is 11.7 Å². The highest BCUT2D eigenvalue weighted by molar-refractivity contribution is 5.84. The maximum atomic E-state index is 12.0. The Bertz CT molecular complexity index is 1250. The van der Waals surface area contributed by atoms with Crippen LogP contribution < -0.4 is 10.6 Å².